The number of carbonyl (C=O) groups is 1. The van der Waals surface area contributed by atoms with Gasteiger partial charge in [0.2, 0.25) is 15.9 Å². The van der Waals surface area contributed by atoms with Gasteiger partial charge in [0.15, 0.2) is 0 Å². The average molecular weight is 319 g/mol. The summed E-state index contributed by atoms with van der Waals surface area (Å²) in [7, 11) is -3.95. The fourth-order valence-electron chi connectivity index (χ4n) is 2.17. The first-order valence-corrected chi connectivity index (χ1v) is 7.70. The molecule has 1 aromatic carbocycles. The molecule has 1 saturated heterocycles. The molecule has 1 aliphatic heterocycles. The van der Waals surface area contributed by atoms with Crippen molar-refractivity contribution in [3.05, 3.63) is 29.8 Å². The maximum absolute atomic E-state index is 13.1. The Morgan fingerprint density at radius 3 is 2.10 bits per heavy atom. The van der Waals surface area contributed by atoms with E-state index in [1.165, 1.54) is 0 Å². The van der Waals surface area contributed by atoms with Crippen LogP contribution >= 0.6 is 0 Å². The van der Waals surface area contributed by atoms with Crippen molar-refractivity contribution in [2.24, 2.45) is 5.73 Å². The molecule has 0 atom stereocenters. The van der Waals surface area contributed by atoms with E-state index in [-0.39, 0.29) is 19.6 Å². The molecule has 1 aliphatic rings. The highest BCUT2D eigenvalue weighted by Crippen LogP contribution is 2.19. The molecular weight excluding hydrogens is 304 g/mol. The summed E-state index contributed by atoms with van der Waals surface area (Å²) in [5, 5.41) is 0. The third-order valence-electron chi connectivity index (χ3n) is 3.18. The summed E-state index contributed by atoms with van der Waals surface area (Å²) in [6.45, 7) is 0.990. The molecule has 1 fully saturated rings. The van der Waals surface area contributed by atoms with Crippen molar-refractivity contribution in [2.75, 3.05) is 32.7 Å². The monoisotopic (exact) mass is 319 g/mol. The number of hydrogen-bond donors (Lipinski definition) is 1. The van der Waals surface area contributed by atoms with E-state index in [2.05, 4.69) is 0 Å². The number of benzene rings is 1. The predicted molar refractivity (Wildman–Crippen MR) is 70.8 cm³/mol. The highest BCUT2D eigenvalue weighted by atomic mass is 32.2. The lowest BCUT2D eigenvalue weighted by atomic mass is 10.3. The van der Waals surface area contributed by atoms with Crippen molar-refractivity contribution in [1.29, 1.82) is 0 Å². The molecule has 0 bridgehead atoms. The van der Waals surface area contributed by atoms with Crippen LogP contribution in [0.15, 0.2) is 23.1 Å². The van der Waals surface area contributed by atoms with Gasteiger partial charge < -0.3 is 5.73 Å². The van der Waals surface area contributed by atoms with Crippen LogP contribution < -0.4 is 5.73 Å². The predicted octanol–water partition coefficient (Wildman–Crippen LogP) is -0.244. The lowest BCUT2D eigenvalue weighted by Crippen LogP contribution is -2.50. The zero-order valence-corrected chi connectivity index (χ0v) is 11.9. The van der Waals surface area contributed by atoms with Gasteiger partial charge in [-0.1, -0.05) is 0 Å². The number of amides is 1. The third kappa shape index (κ3) is 3.74. The van der Waals surface area contributed by atoms with E-state index in [1.54, 1.807) is 4.90 Å². The van der Waals surface area contributed by atoms with Crippen molar-refractivity contribution in [2.45, 2.75) is 4.90 Å². The Bertz CT molecular complexity index is 623. The van der Waals surface area contributed by atoms with Crippen LogP contribution in [0.25, 0.3) is 0 Å². The van der Waals surface area contributed by atoms with Gasteiger partial charge in [-0.05, 0) is 12.1 Å². The Labute approximate surface area is 121 Å². The van der Waals surface area contributed by atoms with Gasteiger partial charge in [0.1, 0.15) is 11.6 Å². The van der Waals surface area contributed by atoms with E-state index in [0.717, 1.165) is 16.4 Å². The fourth-order valence-corrected chi connectivity index (χ4v) is 3.64. The number of nitrogens with zero attached hydrogens (tertiary/aromatic N) is 2. The lowest BCUT2D eigenvalue weighted by molar-refractivity contribution is -0.119. The van der Waals surface area contributed by atoms with E-state index in [9.17, 15) is 22.0 Å². The zero-order valence-electron chi connectivity index (χ0n) is 11.1. The van der Waals surface area contributed by atoms with Crippen LogP contribution in [0.2, 0.25) is 0 Å². The summed E-state index contributed by atoms with van der Waals surface area (Å²) in [6.07, 6.45) is 0. The minimum atomic E-state index is -3.95. The molecule has 0 radical (unpaired) electrons. The smallest absolute Gasteiger partial charge is 0.243 e. The Balaban J connectivity index is 2.13. The molecule has 21 heavy (non-hydrogen) atoms. The fraction of sp³-hybridized carbons (Fsp3) is 0.417. The summed E-state index contributed by atoms with van der Waals surface area (Å²) in [6, 6.07) is 2.19. The Morgan fingerprint density at radius 1 is 1.10 bits per heavy atom. The van der Waals surface area contributed by atoms with Crippen LogP contribution in [0.5, 0.6) is 0 Å². The van der Waals surface area contributed by atoms with E-state index >= 15 is 0 Å². The number of nitrogens with two attached hydrogens (primary N) is 1. The van der Waals surface area contributed by atoms with E-state index in [1.807, 2.05) is 0 Å². The molecule has 116 valence electrons. The van der Waals surface area contributed by atoms with Crippen molar-refractivity contribution in [3.63, 3.8) is 0 Å². The molecule has 0 spiro atoms. The molecule has 1 aromatic rings. The number of carbonyl (C=O) groups excluding carboxylic acids is 1. The Hall–Kier alpha value is -1.58. The summed E-state index contributed by atoms with van der Waals surface area (Å²) < 4.78 is 52.0. The Morgan fingerprint density at radius 2 is 1.62 bits per heavy atom. The minimum absolute atomic E-state index is 0.0580. The summed E-state index contributed by atoms with van der Waals surface area (Å²) in [5.41, 5.74) is 5.07. The number of halogens is 2. The summed E-state index contributed by atoms with van der Waals surface area (Å²) >= 11 is 0. The van der Waals surface area contributed by atoms with Gasteiger partial charge in [0, 0.05) is 32.2 Å². The summed E-state index contributed by atoms with van der Waals surface area (Å²) in [5.74, 6) is -2.37. The highest BCUT2D eigenvalue weighted by Gasteiger charge is 2.29. The van der Waals surface area contributed by atoms with Gasteiger partial charge in [-0.15, -0.1) is 0 Å². The molecule has 1 heterocycles. The molecule has 0 saturated carbocycles. The molecule has 9 heteroatoms. The topological polar surface area (TPSA) is 83.7 Å². The highest BCUT2D eigenvalue weighted by molar-refractivity contribution is 7.89. The normalized spacial score (nSPS) is 17.8. The largest absolute Gasteiger partial charge is 0.369 e. The van der Waals surface area contributed by atoms with Gasteiger partial charge in [-0.2, -0.15) is 4.31 Å². The van der Waals surface area contributed by atoms with Crippen molar-refractivity contribution < 1.29 is 22.0 Å². The molecule has 0 unspecified atom stereocenters. The minimum Gasteiger partial charge on any atom is -0.369 e. The van der Waals surface area contributed by atoms with E-state index in [0.29, 0.717) is 19.2 Å². The van der Waals surface area contributed by atoms with Gasteiger partial charge in [-0.3, -0.25) is 9.69 Å². The maximum Gasteiger partial charge on any atom is 0.243 e. The van der Waals surface area contributed by atoms with Crippen molar-refractivity contribution in [3.8, 4) is 0 Å². The molecule has 0 aromatic heterocycles. The van der Waals surface area contributed by atoms with Gasteiger partial charge in [0.05, 0.1) is 11.4 Å². The average Bonchev–Trinajstić information content (AvgIpc) is 2.37. The molecular formula is C12H15F2N3O3S. The second kappa shape index (κ2) is 6.04. The lowest BCUT2D eigenvalue weighted by Gasteiger charge is -2.33. The zero-order chi connectivity index (χ0) is 15.6. The van der Waals surface area contributed by atoms with Crippen LogP contribution in [-0.2, 0) is 14.8 Å². The molecule has 6 nitrogen and oxygen atoms in total. The third-order valence-corrected chi connectivity index (χ3v) is 5.06. The van der Waals surface area contributed by atoms with Gasteiger partial charge >= 0.3 is 0 Å². The first-order valence-electron chi connectivity index (χ1n) is 6.26. The standard InChI is InChI=1S/C12H15F2N3O3S/c13-9-5-10(14)7-11(6-9)21(19,20)17-3-1-16(2-4-17)8-12(15)18/h5-7H,1-4,8H2,(H2,15,18). The summed E-state index contributed by atoms with van der Waals surface area (Å²) in [4.78, 5) is 12.1. The number of primary amides is 1. The molecule has 2 rings (SSSR count). The van der Waals surface area contributed by atoms with Crippen LogP contribution in [0.4, 0.5) is 8.78 Å². The maximum atomic E-state index is 13.1. The number of hydrogen-bond acceptors (Lipinski definition) is 4. The van der Waals surface area contributed by atoms with E-state index in [4.69, 9.17) is 5.73 Å². The van der Waals surface area contributed by atoms with Crippen LogP contribution in [-0.4, -0.2) is 56.3 Å². The van der Waals surface area contributed by atoms with Gasteiger partial charge in [-0.25, -0.2) is 17.2 Å². The van der Waals surface area contributed by atoms with Crippen LogP contribution in [0.3, 0.4) is 0 Å². The molecule has 0 aliphatic carbocycles. The number of piperazine rings is 1. The second-order valence-corrected chi connectivity index (χ2v) is 6.69. The molecule has 2 N–H and O–H groups in total. The van der Waals surface area contributed by atoms with Gasteiger partial charge in [0.25, 0.3) is 0 Å². The SMILES string of the molecule is NC(=O)CN1CCN(S(=O)(=O)c2cc(F)cc(F)c2)CC1. The van der Waals surface area contributed by atoms with Crippen molar-refractivity contribution in [1.82, 2.24) is 9.21 Å². The Kier molecular flexibility index (Phi) is 4.55. The van der Waals surface area contributed by atoms with E-state index < -0.39 is 32.5 Å². The molecule has 1 amide bonds. The number of sulfonamides is 1. The van der Waals surface area contributed by atoms with Crippen LogP contribution in [0, 0.1) is 11.6 Å². The quantitative estimate of drug-likeness (QED) is 0.830. The van der Waals surface area contributed by atoms with Crippen molar-refractivity contribution >= 4 is 15.9 Å². The number of rotatable bonds is 4. The first kappa shape index (κ1) is 15.8. The second-order valence-electron chi connectivity index (χ2n) is 4.75. The van der Waals surface area contributed by atoms with Crippen LogP contribution in [0.1, 0.15) is 0 Å². The first-order chi connectivity index (χ1) is 9.79.